The number of nitrogens with zero attached hydrogens (tertiary/aromatic N) is 1. The highest BCUT2D eigenvalue weighted by Crippen LogP contribution is 2.28. The minimum Gasteiger partial charge on any atom is -0.497 e. The summed E-state index contributed by atoms with van der Waals surface area (Å²) in [7, 11) is 3.19. The molecule has 0 aromatic heterocycles. The Morgan fingerprint density at radius 1 is 1.45 bits per heavy atom. The summed E-state index contributed by atoms with van der Waals surface area (Å²) in [6.07, 6.45) is 0.682. The predicted molar refractivity (Wildman–Crippen MR) is 83.5 cm³/mol. The van der Waals surface area contributed by atoms with Crippen LogP contribution in [-0.2, 0) is 9.63 Å². The van der Waals surface area contributed by atoms with Gasteiger partial charge < -0.3 is 19.6 Å². The van der Waals surface area contributed by atoms with E-state index in [0.717, 1.165) is 12.0 Å². The third-order valence-electron chi connectivity index (χ3n) is 3.68. The molecule has 0 saturated carbocycles. The molecular formula is C16H22N2O4. The van der Waals surface area contributed by atoms with Gasteiger partial charge in [-0.15, -0.1) is 0 Å². The summed E-state index contributed by atoms with van der Waals surface area (Å²) in [5.41, 5.74) is 1.46. The van der Waals surface area contributed by atoms with Crippen molar-refractivity contribution in [2.24, 2.45) is 5.16 Å². The van der Waals surface area contributed by atoms with E-state index in [1.807, 2.05) is 32.0 Å². The number of ether oxygens (including phenoxy) is 2. The van der Waals surface area contributed by atoms with Crippen LogP contribution in [0.1, 0.15) is 32.3 Å². The fourth-order valence-electron chi connectivity index (χ4n) is 2.15. The molecule has 0 unspecified atom stereocenters. The Labute approximate surface area is 130 Å². The Balaban J connectivity index is 2.11. The number of methoxy groups -OCH3 is 2. The van der Waals surface area contributed by atoms with Gasteiger partial charge in [0.15, 0.2) is 0 Å². The molecule has 2 rings (SSSR count). The van der Waals surface area contributed by atoms with Crippen LogP contribution in [0.5, 0.6) is 11.5 Å². The predicted octanol–water partition coefficient (Wildman–Crippen LogP) is 2.11. The van der Waals surface area contributed by atoms with Gasteiger partial charge in [-0.2, -0.15) is 0 Å². The van der Waals surface area contributed by atoms with Gasteiger partial charge in [-0.25, -0.2) is 0 Å². The second-order valence-corrected chi connectivity index (χ2v) is 5.22. The molecule has 0 aliphatic carbocycles. The molecule has 0 radical (unpaired) electrons. The molecule has 0 fully saturated rings. The molecule has 6 nitrogen and oxygen atoms in total. The molecular weight excluding hydrogens is 284 g/mol. The van der Waals surface area contributed by atoms with Crippen LogP contribution < -0.4 is 14.8 Å². The summed E-state index contributed by atoms with van der Waals surface area (Å²) < 4.78 is 10.6. The summed E-state index contributed by atoms with van der Waals surface area (Å²) in [4.78, 5) is 17.4. The van der Waals surface area contributed by atoms with Gasteiger partial charge in [-0.1, -0.05) is 12.1 Å². The first kappa shape index (κ1) is 16.1. The molecule has 1 aliphatic rings. The van der Waals surface area contributed by atoms with Crippen LogP contribution in [0.2, 0.25) is 0 Å². The van der Waals surface area contributed by atoms with E-state index in [1.54, 1.807) is 14.2 Å². The van der Waals surface area contributed by atoms with E-state index < -0.39 is 6.10 Å². The number of hydrogen-bond donors (Lipinski definition) is 1. The highest BCUT2D eigenvalue weighted by atomic mass is 16.6. The van der Waals surface area contributed by atoms with Gasteiger partial charge in [0.1, 0.15) is 11.5 Å². The van der Waals surface area contributed by atoms with Gasteiger partial charge in [-0.05, 0) is 31.5 Å². The van der Waals surface area contributed by atoms with E-state index in [-0.39, 0.29) is 11.9 Å². The Bertz CT molecular complexity index is 571. The maximum absolute atomic E-state index is 12.1. The number of hydrogen-bond acceptors (Lipinski definition) is 5. The van der Waals surface area contributed by atoms with Crippen LogP contribution in [0, 0.1) is 0 Å². The SMILES string of the molecule is CC[C@@H](C)NC(=O)[C@@H]1CC(c2cc(OC)ccc2OC)=NO1. The van der Waals surface area contributed by atoms with Crippen LogP contribution in [-0.4, -0.2) is 38.0 Å². The number of oxime groups is 1. The lowest BCUT2D eigenvalue weighted by molar-refractivity contribution is -0.131. The van der Waals surface area contributed by atoms with Crippen LogP contribution in [0.3, 0.4) is 0 Å². The molecule has 2 atom stereocenters. The summed E-state index contributed by atoms with van der Waals surface area (Å²) in [6, 6.07) is 5.57. The monoisotopic (exact) mass is 306 g/mol. The molecule has 0 bridgehead atoms. The Morgan fingerprint density at radius 2 is 2.23 bits per heavy atom. The summed E-state index contributed by atoms with van der Waals surface area (Å²) in [6.45, 7) is 3.98. The van der Waals surface area contributed by atoms with Crippen molar-refractivity contribution in [3.05, 3.63) is 23.8 Å². The zero-order valence-electron chi connectivity index (χ0n) is 13.4. The maximum atomic E-state index is 12.1. The molecule has 1 amide bonds. The van der Waals surface area contributed by atoms with Crippen molar-refractivity contribution in [2.75, 3.05) is 14.2 Å². The van der Waals surface area contributed by atoms with Crippen LogP contribution in [0.15, 0.2) is 23.4 Å². The van der Waals surface area contributed by atoms with Crippen LogP contribution in [0.25, 0.3) is 0 Å². The number of carbonyl (C=O) groups excluding carboxylic acids is 1. The zero-order valence-corrected chi connectivity index (χ0v) is 13.4. The lowest BCUT2D eigenvalue weighted by Crippen LogP contribution is -2.39. The van der Waals surface area contributed by atoms with Gasteiger partial charge >= 0.3 is 0 Å². The Morgan fingerprint density at radius 3 is 2.86 bits per heavy atom. The summed E-state index contributed by atoms with van der Waals surface area (Å²) >= 11 is 0. The molecule has 1 heterocycles. The first-order chi connectivity index (χ1) is 10.6. The molecule has 6 heteroatoms. The fourth-order valence-corrected chi connectivity index (χ4v) is 2.15. The first-order valence-corrected chi connectivity index (χ1v) is 7.34. The Kier molecular flexibility index (Phi) is 5.25. The maximum Gasteiger partial charge on any atom is 0.264 e. The van der Waals surface area contributed by atoms with Crippen molar-refractivity contribution in [1.29, 1.82) is 0 Å². The largest absolute Gasteiger partial charge is 0.497 e. The van der Waals surface area contributed by atoms with Crippen LogP contribution >= 0.6 is 0 Å². The number of nitrogens with one attached hydrogen (secondary N) is 1. The van der Waals surface area contributed by atoms with E-state index >= 15 is 0 Å². The first-order valence-electron chi connectivity index (χ1n) is 7.34. The van der Waals surface area contributed by atoms with E-state index in [1.165, 1.54) is 0 Å². The molecule has 0 saturated heterocycles. The van der Waals surface area contributed by atoms with Gasteiger partial charge in [0.2, 0.25) is 6.10 Å². The lowest BCUT2D eigenvalue weighted by atomic mass is 10.0. The minimum atomic E-state index is -0.597. The second-order valence-electron chi connectivity index (χ2n) is 5.22. The number of rotatable bonds is 6. The summed E-state index contributed by atoms with van der Waals surface area (Å²) in [5, 5.41) is 6.95. The van der Waals surface area contributed by atoms with Crippen molar-refractivity contribution in [1.82, 2.24) is 5.32 Å². The van der Waals surface area contributed by atoms with E-state index in [9.17, 15) is 4.79 Å². The van der Waals surface area contributed by atoms with E-state index in [0.29, 0.717) is 23.6 Å². The van der Waals surface area contributed by atoms with Crippen molar-refractivity contribution in [3.63, 3.8) is 0 Å². The van der Waals surface area contributed by atoms with Gasteiger partial charge in [0.25, 0.3) is 5.91 Å². The molecule has 22 heavy (non-hydrogen) atoms. The Hall–Kier alpha value is -2.24. The number of benzene rings is 1. The lowest BCUT2D eigenvalue weighted by Gasteiger charge is -2.14. The molecule has 1 aromatic carbocycles. The number of amides is 1. The third kappa shape index (κ3) is 3.50. The quantitative estimate of drug-likeness (QED) is 0.874. The molecule has 120 valence electrons. The van der Waals surface area contributed by atoms with Gasteiger partial charge in [-0.3, -0.25) is 4.79 Å². The minimum absolute atomic E-state index is 0.117. The third-order valence-corrected chi connectivity index (χ3v) is 3.68. The normalized spacial score (nSPS) is 18.2. The topological polar surface area (TPSA) is 69.2 Å². The highest BCUT2D eigenvalue weighted by molar-refractivity contribution is 6.06. The van der Waals surface area contributed by atoms with Crippen molar-refractivity contribution in [3.8, 4) is 11.5 Å². The average molecular weight is 306 g/mol. The molecule has 1 aromatic rings. The molecule has 1 N–H and O–H groups in total. The van der Waals surface area contributed by atoms with E-state index in [2.05, 4.69) is 10.5 Å². The number of carbonyl (C=O) groups is 1. The highest BCUT2D eigenvalue weighted by Gasteiger charge is 2.30. The standard InChI is InChI=1S/C16H22N2O4/c1-5-10(2)17-16(19)15-9-13(18-22-15)12-8-11(20-3)6-7-14(12)21-4/h6-8,10,15H,5,9H2,1-4H3,(H,17,19)/t10-,15+/m1/s1. The van der Waals surface area contributed by atoms with Gasteiger partial charge in [0, 0.05) is 18.0 Å². The van der Waals surface area contributed by atoms with Gasteiger partial charge in [0.05, 0.1) is 19.9 Å². The smallest absolute Gasteiger partial charge is 0.264 e. The summed E-state index contributed by atoms with van der Waals surface area (Å²) in [5.74, 6) is 1.23. The molecule has 1 aliphatic heterocycles. The van der Waals surface area contributed by atoms with Crippen molar-refractivity contribution >= 4 is 11.6 Å². The average Bonchev–Trinajstić information content (AvgIpc) is 3.03. The second kappa shape index (κ2) is 7.15. The molecule has 0 spiro atoms. The van der Waals surface area contributed by atoms with E-state index in [4.69, 9.17) is 14.3 Å². The zero-order chi connectivity index (χ0) is 16.1. The van der Waals surface area contributed by atoms with Crippen LogP contribution in [0.4, 0.5) is 0 Å². The van der Waals surface area contributed by atoms with Crippen molar-refractivity contribution < 1.29 is 19.1 Å². The fraction of sp³-hybridized carbons (Fsp3) is 0.500. The van der Waals surface area contributed by atoms with Crippen molar-refractivity contribution in [2.45, 2.75) is 38.8 Å².